The standard InChI is InChI=1S/C14H28N2O/c1-16(2)14(8-5-3-4-6-9-14)13(15)12-7-10-17-11-12/h12-13H,3-11,15H2,1-2H3. The first-order valence-electron chi connectivity index (χ1n) is 7.17. The van der Waals surface area contributed by atoms with E-state index in [4.69, 9.17) is 10.5 Å². The molecule has 1 aliphatic carbocycles. The van der Waals surface area contributed by atoms with E-state index in [0.717, 1.165) is 19.6 Å². The summed E-state index contributed by atoms with van der Waals surface area (Å²) in [7, 11) is 4.42. The van der Waals surface area contributed by atoms with Crippen LogP contribution in [0.4, 0.5) is 0 Å². The van der Waals surface area contributed by atoms with Crippen molar-refractivity contribution in [2.75, 3.05) is 27.3 Å². The summed E-state index contributed by atoms with van der Waals surface area (Å²) in [6, 6.07) is 0.276. The van der Waals surface area contributed by atoms with Gasteiger partial charge < -0.3 is 15.4 Å². The Morgan fingerprint density at radius 3 is 2.29 bits per heavy atom. The lowest BCUT2D eigenvalue weighted by molar-refractivity contribution is 0.0656. The molecule has 3 heteroatoms. The molecule has 2 fully saturated rings. The highest BCUT2D eigenvalue weighted by Gasteiger charge is 2.43. The quantitative estimate of drug-likeness (QED) is 0.767. The van der Waals surface area contributed by atoms with E-state index in [-0.39, 0.29) is 11.6 Å². The van der Waals surface area contributed by atoms with Gasteiger partial charge in [-0.3, -0.25) is 0 Å². The molecular weight excluding hydrogens is 212 g/mol. The predicted molar refractivity (Wildman–Crippen MR) is 71.0 cm³/mol. The molecule has 0 aromatic heterocycles. The van der Waals surface area contributed by atoms with Gasteiger partial charge >= 0.3 is 0 Å². The molecule has 0 aromatic carbocycles. The van der Waals surface area contributed by atoms with Gasteiger partial charge in [0.05, 0.1) is 6.61 Å². The predicted octanol–water partition coefficient (Wildman–Crippen LogP) is 2.00. The van der Waals surface area contributed by atoms with Crippen molar-refractivity contribution in [1.82, 2.24) is 4.90 Å². The van der Waals surface area contributed by atoms with E-state index in [1.165, 1.54) is 38.5 Å². The maximum absolute atomic E-state index is 6.64. The number of hydrogen-bond donors (Lipinski definition) is 1. The van der Waals surface area contributed by atoms with Crippen LogP contribution in [0.3, 0.4) is 0 Å². The molecule has 100 valence electrons. The Morgan fingerprint density at radius 2 is 1.82 bits per heavy atom. The first-order valence-corrected chi connectivity index (χ1v) is 7.17. The molecule has 1 aliphatic heterocycles. The topological polar surface area (TPSA) is 38.5 Å². The molecule has 2 atom stereocenters. The molecular formula is C14H28N2O. The van der Waals surface area contributed by atoms with Gasteiger partial charge in [-0.25, -0.2) is 0 Å². The largest absolute Gasteiger partial charge is 0.381 e. The Kier molecular flexibility index (Phi) is 4.45. The summed E-state index contributed by atoms with van der Waals surface area (Å²) in [6.45, 7) is 1.78. The van der Waals surface area contributed by atoms with Crippen LogP contribution in [0.5, 0.6) is 0 Å². The maximum Gasteiger partial charge on any atom is 0.0510 e. The van der Waals surface area contributed by atoms with Gasteiger partial charge in [0.15, 0.2) is 0 Å². The van der Waals surface area contributed by atoms with Crippen LogP contribution in [0.1, 0.15) is 44.9 Å². The van der Waals surface area contributed by atoms with E-state index in [1.54, 1.807) is 0 Å². The second-order valence-electron chi connectivity index (χ2n) is 6.06. The average Bonchev–Trinajstić information content (AvgIpc) is 2.72. The molecule has 2 N–H and O–H groups in total. The highest BCUT2D eigenvalue weighted by Crippen LogP contribution is 2.37. The molecule has 0 radical (unpaired) electrons. The summed E-state index contributed by atoms with van der Waals surface area (Å²) in [5.41, 5.74) is 6.85. The van der Waals surface area contributed by atoms with E-state index >= 15 is 0 Å². The third-order valence-corrected chi connectivity index (χ3v) is 4.95. The highest BCUT2D eigenvalue weighted by atomic mass is 16.5. The zero-order chi connectivity index (χ0) is 12.3. The first-order chi connectivity index (χ1) is 8.17. The minimum Gasteiger partial charge on any atom is -0.381 e. The van der Waals surface area contributed by atoms with Crippen LogP contribution in [0.15, 0.2) is 0 Å². The van der Waals surface area contributed by atoms with Crippen molar-refractivity contribution in [3.05, 3.63) is 0 Å². The van der Waals surface area contributed by atoms with E-state index in [2.05, 4.69) is 19.0 Å². The number of hydrogen-bond acceptors (Lipinski definition) is 3. The zero-order valence-electron chi connectivity index (χ0n) is 11.5. The Labute approximate surface area is 106 Å². The smallest absolute Gasteiger partial charge is 0.0510 e. The molecule has 2 rings (SSSR count). The van der Waals surface area contributed by atoms with Gasteiger partial charge in [-0.2, -0.15) is 0 Å². The van der Waals surface area contributed by atoms with Crippen LogP contribution in [0, 0.1) is 5.92 Å². The zero-order valence-corrected chi connectivity index (χ0v) is 11.5. The SMILES string of the molecule is CN(C)C1(C(N)C2CCOC2)CCCCCC1. The normalized spacial score (nSPS) is 31.4. The minimum absolute atomic E-state index is 0.217. The van der Waals surface area contributed by atoms with Crippen LogP contribution in [0.2, 0.25) is 0 Å². The van der Waals surface area contributed by atoms with E-state index in [1.807, 2.05) is 0 Å². The number of likely N-dealkylation sites (N-methyl/N-ethyl adjacent to an activating group) is 1. The Hall–Kier alpha value is -0.120. The van der Waals surface area contributed by atoms with Crippen LogP contribution in [-0.4, -0.2) is 43.8 Å². The van der Waals surface area contributed by atoms with Crippen molar-refractivity contribution < 1.29 is 4.74 Å². The van der Waals surface area contributed by atoms with Crippen molar-refractivity contribution in [3.8, 4) is 0 Å². The van der Waals surface area contributed by atoms with Crippen LogP contribution >= 0.6 is 0 Å². The second-order valence-corrected chi connectivity index (χ2v) is 6.06. The van der Waals surface area contributed by atoms with Crippen LogP contribution in [0.25, 0.3) is 0 Å². The molecule has 0 bridgehead atoms. The highest BCUT2D eigenvalue weighted by molar-refractivity contribution is 5.01. The van der Waals surface area contributed by atoms with Crippen LogP contribution in [-0.2, 0) is 4.74 Å². The molecule has 0 amide bonds. The summed E-state index contributed by atoms with van der Waals surface area (Å²) < 4.78 is 5.53. The summed E-state index contributed by atoms with van der Waals surface area (Å²) >= 11 is 0. The molecule has 0 spiro atoms. The van der Waals surface area contributed by atoms with E-state index < -0.39 is 0 Å². The van der Waals surface area contributed by atoms with Crippen molar-refractivity contribution in [2.24, 2.45) is 11.7 Å². The third-order valence-electron chi connectivity index (χ3n) is 4.95. The lowest BCUT2D eigenvalue weighted by Crippen LogP contribution is -2.60. The Morgan fingerprint density at radius 1 is 1.18 bits per heavy atom. The third kappa shape index (κ3) is 2.67. The van der Waals surface area contributed by atoms with Gasteiger partial charge in [-0.15, -0.1) is 0 Å². The van der Waals surface area contributed by atoms with Crippen molar-refractivity contribution in [2.45, 2.75) is 56.5 Å². The van der Waals surface area contributed by atoms with Gasteiger partial charge in [-0.1, -0.05) is 25.7 Å². The summed E-state index contributed by atoms with van der Waals surface area (Å²) in [5, 5.41) is 0. The fourth-order valence-electron chi connectivity index (χ4n) is 3.69. The monoisotopic (exact) mass is 240 g/mol. The first kappa shape index (κ1) is 13.3. The maximum atomic E-state index is 6.64. The van der Waals surface area contributed by atoms with Gasteiger partial charge in [-0.05, 0) is 33.4 Å². The fraction of sp³-hybridized carbons (Fsp3) is 1.00. The lowest BCUT2D eigenvalue weighted by Gasteiger charge is -2.46. The molecule has 2 aliphatic rings. The number of rotatable bonds is 3. The lowest BCUT2D eigenvalue weighted by atomic mass is 9.75. The fourth-order valence-corrected chi connectivity index (χ4v) is 3.69. The molecule has 17 heavy (non-hydrogen) atoms. The molecule has 1 saturated carbocycles. The molecule has 3 nitrogen and oxygen atoms in total. The van der Waals surface area contributed by atoms with Gasteiger partial charge in [0.2, 0.25) is 0 Å². The Balaban J connectivity index is 2.13. The summed E-state index contributed by atoms with van der Waals surface area (Å²) in [6.07, 6.45) is 9.10. The average molecular weight is 240 g/mol. The van der Waals surface area contributed by atoms with E-state index in [9.17, 15) is 0 Å². The van der Waals surface area contributed by atoms with Crippen LogP contribution < -0.4 is 5.73 Å². The van der Waals surface area contributed by atoms with Crippen molar-refractivity contribution >= 4 is 0 Å². The molecule has 1 heterocycles. The number of nitrogens with zero attached hydrogens (tertiary/aromatic N) is 1. The number of ether oxygens (including phenoxy) is 1. The summed E-state index contributed by atoms with van der Waals surface area (Å²) in [5.74, 6) is 0.565. The van der Waals surface area contributed by atoms with Gasteiger partial charge in [0, 0.05) is 24.1 Å². The van der Waals surface area contributed by atoms with Gasteiger partial charge in [0.25, 0.3) is 0 Å². The molecule has 1 saturated heterocycles. The molecule has 0 aromatic rings. The summed E-state index contributed by atoms with van der Waals surface area (Å²) in [4.78, 5) is 2.40. The number of nitrogens with two attached hydrogens (primary N) is 1. The van der Waals surface area contributed by atoms with Gasteiger partial charge in [0.1, 0.15) is 0 Å². The molecule has 2 unspecified atom stereocenters. The van der Waals surface area contributed by atoms with Crippen molar-refractivity contribution in [1.29, 1.82) is 0 Å². The van der Waals surface area contributed by atoms with Crippen molar-refractivity contribution in [3.63, 3.8) is 0 Å². The minimum atomic E-state index is 0.217. The Bertz CT molecular complexity index is 228. The second kappa shape index (κ2) is 5.68. The van der Waals surface area contributed by atoms with E-state index in [0.29, 0.717) is 5.92 Å².